The molecule has 22 heavy (non-hydrogen) atoms. The maximum Gasteiger partial charge on any atom is 0.516 e. The molecule has 120 valence electrons. The van der Waals surface area contributed by atoms with Crippen LogP contribution >= 0.6 is 0 Å². The molecule has 2 aliphatic heterocycles. The number of alkyl halides is 3. The first-order valence-corrected chi connectivity index (χ1v) is 8.14. The van der Waals surface area contributed by atoms with Crippen LogP contribution in [0.4, 0.5) is 18.9 Å². The van der Waals surface area contributed by atoms with Crippen LogP contribution in [0.15, 0.2) is 36.5 Å². The van der Waals surface area contributed by atoms with Gasteiger partial charge in [0.15, 0.2) is 0 Å². The van der Waals surface area contributed by atoms with Crippen molar-refractivity contribution in [1.82, 2.24) is 4.31 Å². The van der Waals surface area contributed by atoms with Crippen molar-refractivity contribution in [3.8, 4) is 0 Å². The van der Waals surface area contributed by atoms with Crippen molar-refractivity contribution in [2.24, 2.45) is 0 Å². The highest BCUT2D eigenvalue weighted by Gasteiger charge is 2.58. The fourth-order valence-corrected chi connectivity index (χ4v) is 4.49. The quantitative estimate of drug-likeness (QED) is 0.793. The van der Waals surface area contributed by atoms with E-state index < -0.39 is 20.9 Å². The molecule has 4 nitrogen and oxygen atoms in total. The van der Waals surface area contributed by atoms with E-state index in [-0.39, 0.29) is 12.2 Å². The maximum atomic E-state index is 12.8. The van der Waals surface area contributed by atoms with E-state index in [4.69, 9.17) is 0 Å². The van der Waals surface area contributed by atoms with Gasteiger partial charge in [-0.05, 0) is 18.1 Å². The van der Waals surface area contributed by atoms with E-state index in [2.05, 4.69) is 6.58 Å². The molecule has 0 saturated carbocycles. The number of rotatable bonds is 1. The van der Waals surface area contributed by atoms with Crippen molar-refractivity contribution in [2.45, 2.75) is 17.3 Å². The van der Waals surface area contributed by atoms with Gasteiger partial charge in [-0.15, -0.1) is 0 Å². The first kappa shape index (κ1) is 15.2. The number of benzene rings is 1. The monoisotopic (exact) mass is 332 g/mol. The number of sulfonamides is 1. The summed E-state index contributed by atoms with van der Waals surface area (Å²) >= 11 is 0. The maximum absolute atomic E-state index is 12.8. The van der Waals surface area contributed by atoms with E-state index in [1.807, 2.05) is 30.1 Å². The van der Waals surface area contributed by atoms with Gasteiger partial charge in [-0.1, -0.05) is 24.8 Å². The van der Waals surface area contributed by atoms with E-state index >= 15 is 0 Å². The fraction of sp³-hybridized carbons (Fsp3) is 0.429. The van der Waals surface area contributed by atoms with E-state index in [0.717, 1.165) is 11.3 Å². The lowest BCUT2D eigenvalue weighted by atomic mass is 9.79. The molecule has 0 aromatic heterocycles. The molecule has 0 bridgehead atoms. The average Bonchev–Trinajstić information content (AvgIpc) is 2.90. The van der Waals surface area contributed by atoms with Gasteiger partial charge in [0.05, 0.1) is 5.41 Å². The zero-order valence-electron chi connectivity index (χ0n) is 11.9. The van der Waals surface area contributed by atoms with Gasteiger partial charge in [-0.25, -0.2) is 0 Å². The highest BCUT2D eigenvalue weighted by molar-refractivity contribution is 7.90. The number of fused-ring (bicyclic) bond motifs is 2. The molecule has 0 radical (unpaired) electrons. The minimum atomic E-state index is -5.39. The minimum absolute atomic E-state index is 0.00150. The predicted octanol–water partition coefficient (Wildman–Crippen LogP) is 2.44. The third-order valence-electron chi connectivity index (χ3n) is 4.52. The number of nitrogens with zero attached hydrogens (tertiary/aromatic N) is 2. The lowest BCUT2D eigenvalue weighted by molar-refractivity contribution is -0.0477. The number of halogens is 3. The van der Waals surface area contributed by atoms with Crippen LogP contribution in [0, 0.1) is 0 Å². The Labute approximate surface area is 126 Å². The van der Waals surface area contributed by atoms with Crippen molar-refractivity contribution in [3.63, 3.8) is 0 Å². The zero-order valence-corrected chi connectivity index (χ0v) is 12.7. The summed E-state index contributed by atoms with van der Waals surface area (Å²) in [4.78, 5) is 1.92. The van der Waals surface area contributed by atoms with Gasteiger partial charge < -0.3 is 4.90 Å². The lowest BCUT2D eigenvalue weighted by Crippen LogP contribution is -2.40. The van der Waals surface area contributed by atoms with Crippen LogP contribution in [0.3, 0.4) is 0 Å². The highest BCUT2D eigenvalue weighted by atomic mass is 32.2. The molecule has 2 heterocycles. The third-order valence-corrected chi connectivity index (χ3v) is 6.08. The first-order chi connectivity index (χ1) is 10.1. The van der Waals surface area contributed by atoms with E-state index in [1.54, 1.807) is 6.07 Å². The second-order valence-electron chi connectivity index (χ2n) is 5.67. The van der Waals surface area contributed by atoms with E-state index in [1.165, 1.54) is 0 Å². The van der Waals surface area contributed by atoms with Gasteiger partial charge in [0.25, 0.3) is 0 Å². The summed E-state index contributed by atoms with van der Waals surface area (Å²) < 4.78 is 62.3. The number of para-hydroxylation sites is 1. The molecule has 1 spiro atoms. The molecule has 1 fully saturated rings. The Hall–Kier alpha value is -1.70. The number of anilines is 1. The van der Waals surface area contributed by atoms with E-state index in [9.17, 15) is 21.6 Å². The molecule has 2 aliphatic rings. The van der Waals surface area contributed by atoms with Crippen molar-refractivity contribution < 1.29 is 21.6 Å². The van der Waals surface area contributed by atoms with Crippen molar-refractivity contribution in [2.75, 3.05) is 25.0 Å². The Bertz CT molecular complexity index is 745. The van der Waals surface area contributed by atoms with Crippen LogP contribution in [0.1, 0.15) is 12.0 Å². The minimum Gasteiger partial charge on any atom is -0.373 e. The summed E-state index contributed by atoms with van der Waals surface area (Å²) in [7, 11) is -3.56. The number of hydrogen-bond donors (Lipinski definition) is 0. The van der Waals surface area contributed by atoms with Gasteiger partial charge in [-0.3, -0.25) is 4.31 Å². The smallest absolute Gasteiger partial charge is 0.373 e. The molecule has 1 unspecified atom stereocenters. The van der Waals surface area contributed by atoms with Crippen LogP contribution in [0.5, 0.6) is 0 Å². The Morgan fingerprint density at radius 3 is 2.55 bits per heavy atom. The predicted molar refractivity (Wildman–Crippen MR) is 76.8 cm³/mol. The standard InChI is InChI=1S/C14H15F3N2O2S/c1-10-13(7-8-19(10)22(20,21)14(15,16)17)9-18(2)12-6-4-3-5-11(12)13/h3-6H,1,7-9H2,2H3. The molecular weight excluding hydrogens is 317 g/mol. The second-order valence-corrected chi connectivity index (χ2v) is 7.53. The van der Waals surface area contributed by atoms with Gasteiger partial charge in [0, 0.05) is 31.5 Å². The van der Waals surface area contributed by atoms with Crippen LogP contribution in [-0.2, 0) is 15.4 Å². The Kier molecular flexibility index (Phi) is 3.05. The molecule has 1 saturated heterocycles. The van der Waals surface area contributed by atoms with Crippen molar-refractivity contribution in [3.05, 3.63) is 42.1 Å². The Balaban J connectivity index is 2.07. The summed E-state index contributed by atoms with van der Waals surface area (Å²) in [6.07, 6.45) is 0.294. The molecular formula is C14H15F3N2O2S. The summed E-state index contributed by atoms with van der Waals surface area (Å²) in [6, 6.07) is 7.34. The normalized spacial score (nSPS) is 25.2. The van der Waals surface area contributed by atoms with Gasteiger partial charge in [0.2, 0.25) is 0 Å². The molecule has 3 rings (SSSR count). The third kappa shape index (κ3) is 1.79. The lowest BCUT2D eigenvalue weighted by Gasteiger charge is -2.28. The topological polar surface area (TPSA) is 40.6 Å². The zero-order chi connectivity index (χ0) is 16.3. The largest absolute Gasteiger partial charge is 0.516 e. The second kappa shape index (κ2) is 4.41. The summed E-state index contributed by atoms with van der Waals surface area (Å²) in [6.45, 7) is 3.92. The van der Waals surface area contributed by atoms with Crippen LogP contribution in [0.25, 0.3) is 0 Å². The van der Waals surface area contributed by atoms with Crippen LogP contribution in [0.2, 0.25) is 0 Å². The SMILES string of the molecule is C=C1N(S(=O)(=O)C(F)(F)F)CCC12CN(C)c1ccccc12. The molecule has 1 atom stereocenters. The molecule has 0 N–H and O–H groups in total. The summed E-state index contributed by atoms with van der Waals surface area (Å²) in [5, 5.41) is 0. The van der Waals surface area contributed by atoms with Crippen LogP contribution < -0.4 is 4.90 Å². The van der Waals surface area contributed by atoms with Crippen molar-refractivity contribution >= 4 is 15.7 Å². The fourth-order valence-electron chi connectivity index (χ4n) is 3.45. The van der Waals surface area contributed by atoms with Crippen LogP contribution in [-0.4, -0.2) is 38.4 Å². The average molecular weight is 332 g/mol. The molecule has 1 aromatic carbocycles. The molecule has 8 heteroatoms. The van der Waals surface area contributed by atoms with Gasteiger partial charge in [0.1, 0.15) is 0 Å². The number of likely N-dealkylation sites (N-methyl/N-ethyl adjacent to an activating group) is 1. The number of hydrogen-bond acceptors (Lipinski definition) is 3. The highest BCUT2D eigenvalue weighted by Crippen LogP contribution is 2.52. The Morgan fingerprint density at radius 1 is 1.27 bits per heavy atom. The first-order valence-electron chi connectivity index (χ1n) is 6.70. The molecule has 1 aromatic rings. The molecule has 0 amide bonds. The van der Waals surface area contributed by atoms with Crippen molar-refractivity contribution in [1.29, 1.82) is 0 Å². The van der Waals surface area contributed by atoms with E-state index in [0.29, 0.717) is 17.3 Å². The van der Waals surface area contributed by atoms with Gasteiger partial charge >= 0.3 is 15.5 Å². The van der Waals surface area contributed by atoms with Gasteiger partial charge in [-0.2, -0.15) is 21.6 Å². The Morgan fingerprint density at radius 2 is 1.91 bits per heavy atom. The summed E-state index contributed by atoms with van der Waals surface area (Å²) in [5.74, 6) is 0. The summed E-state index contributed by atoms with van der Waals surface area (Å²) in [5.41, 5.74) is -4.35. The molecule has 0 aliphatic carbocycles.